The summed E-state index contributed by atoms with van der Waals surface area (Å²) in [7, 11) is 0. The van der Waals surface area contributed by atoms with Crippen molar-refractivity contribution in [1.82, 2.24) is 5.32 Å². The summed E-state index contributed by atoms with van der Waals surface area (Å²) in [6, 6.07) is 0. The predicted molar refractivity (Wildman–Crippen MR) is 37.7 cm³/mol. The van der Waals surface area contributed by atoms with Crippen LogP contribution in [-0.2, 0) is 4.79 Å². The third-order valence-corrected chi connectivity index (χ3v) is 1.56. The predicted octanol–water partition coefficient (Wildman–Crippen LogP) is 1.27. The van der Waals surface area contributed by atoms with Crippen molar-refractivity contribution in [2.45, 2.75) is 19.8 Å². The number of amides is 1. The molecule has 8 heavy (non-hydrogen) atoms. The maximum atomic E-state index is 10.7. The van der Waals surface area contributed by atoms with Crippen LogP contribution < -0.4 is 5.32 Å². The lowest BCUT2D eigenvalue weighted by Gasteiger charge is -2.16. The zero-order valence-corrected chi connectivity index (χ0v) is 5.11. The zero-order chi connectivity index (χ0) is 12.0. The molecule has 0 saturated carbocycles. The van der Waals surface area contributed by atoms with Crippen LogP contribution in [0.25, 0.3) is 0 Å². The van der Waals surface area contributed by atoms with Gasteiger partial charge < -0.3 is 5.32 Å². The molecule has 0 aromatic carbocycles. The molecule has 0 bridgehead atoms. The molecule has 1 N–H and O–H groups in total. The van der Waals surface area contributed by atoms with E-state index in [1.54, 1.807) is 0 Å². The van der Waals surface area contributed by atoms with Crippen LogP contribution in [0.5, 0.6) is 0 Å². The SMILES string of the molecule is CC1CCCNC1=O.[2H][2H].[2H][2H].[2H][2H]. The zero-order valence-electron chi connectivity index (χ0n) is 11.1. The van der Waals surface area contributed by atoms with Crippen LogP contribution in [0.4, 0.5) is 0 Å². The van der Waals surface area contributed by atoms with Crippen LogP contribution in [0.1, 0.15) is 28.7 Å². The minimum atomic E-state index is 0.219. The normalized spacial score (nSPS) is 32.6. The number of rotatable bonds is 0. The van der Waals surface area contributed by atoms with Crippen molar-refractivity contribution in [2.24, 2.45) is 5.92 Å². The molecule has 0 aromatic heterocycles. The summed E-state index contributed by atoms with van der Waals surface area (Å²) in [5.74, 6) is 0.472. The molecular weight excluding hydrogens is 102 g/mol. The second kappa shape index (κ2) is 2.16. The molecule has 1 atom stereocenters. The summed E-state index contributed by atoms with van der Waals surface area (Å²) in [4.78, 5) is 10.7. The minimum Gasteiger partial charge on any atom is -0.356 e. The van der Waals surface area contributed by atoms with E-state index in [9.17, 15) is 4.79 Å². The van der Waals surface area contributed by atoms with Gasteiger partial charge in [-0.3, -0.25) is 4.79 Å². The molecule has 1 aliphatic heterocycles. The van der Waals surface area contributed by atoms with Gasteiger partial charge in [0.25, 0.3) is 0 Å². The molecule has 1 heterocycles. The fourth-order valence-corrected chi connectivity index (χ4v) is 0.925. The molecule has 0 aliphatic carbocycles. The van der Waals surface area contributed by atoms with Crippen LogP contribution >= 0.6 is 0 Å². The smallest absolute Gasteiger partial charge is 0.222 e. The fraction of sp³-hybridized carbons (Fsp3) is 0.833. The Hall–Kier alpha value is -0.530. The van der Waals surface area contributed by atoms with Gasteiger partial charge in [0.1, 0.15) is 0 Å². The van der Waals surface area contributed by atoms with E-state index < -0.39 is 0 Å². The lowest BCUT2D eigenvalue weighted by molar-refractivity contribution is -0.125. The highest BCUT2D eigenvalue weighted by molar-refractivity contribution is 5.78. The van der Waals surface area contributed by atoms with Gasteiger partial charge in [-0.15, -0.1) is 0 Å². The summed E-state index contributed by atoms with van der Waals surface area (Å²) in [5, 5.41) is 2.79. The lowest BCUT2D eigenvalue weighted by atomic mass is 10.0. The van der Waals surface area contributed by atoms with Crippen molar-refractivity contribution in [3.63, 3.8) is 0 Å². The summed E-state index contributed by atoms with van der Waals surface area (Å²) >= 11 is 0. The van der Waals surface area contributed by atoms with Gasteiger partial charge in [0.05, 0.1) is 0 Å². The van der Waals surface area contributed by atoms with E-state index >= 15 is 0 Å². The topological polar surface area (TPSA) is 29.1 Å². The second-order valence-electron chi connectivity index (χ2n) is 2.33. The Morgan fingerprint density at radius 3 is 3.12 bits per heavy atom. The molecule has 1 rings (SSSR count). The number of hydrogen-bond acceptors (Lipinski definition) is 1. The third kappa shape index (κ3) is 0.997. The van der Waals surface area contributed by atoms with Gasteiger partial charge in [-0.2, -0.15) is 0 Å². The first kappa shape index (κ1) is 2.85. The molecule has 2 heteroatoms. The van der Waals surface area contributed by atoms with E-state index in [4.69, 9.17) is 8.91 Å². The molecule has 1 unspecified atom stereocenters. The van der Waals surface area contributed by atoms with Gasteiger partial charge in [-0.25, -0.2) is 0 Å². The van der Waals surface area contributed by atoms with E-state index in [-0.39, 0.29) is 11.8 Å². The Balaban J connectivity index is -0.000000174. The molecule has 1 amide bonds. The highest BCUT2D eigenvalue weighted by Crippen LogP contribution is 2.08. The largest absolute Gasteiger partial charge is 0.356 e. The minimum absolute atomic E-state index is 0.219. The van der Waals surface area contributed by atoms with Crippen LogP contribution in [0.3, 0.4) is 0 Å². The molecule has 0 spiro atoms. The monoisotopic (exact) mass is 125 g/mol. The standard InChI is InChI=1S/C6H11NO.3H2/c1-5-3-2-4-7-6(5)8;;;/h5H,2-4H2,1H3,(H,7,8);3*1H/i;3*1+1D. The van der Waals surface area contributed by atoms with E-state index in [0.717, 1.165) is 19.4 Å². The average molecular weight is 125 g/mol. The van der Waals surface area contributed by atoms with E-state index in [1.807, 2.05) is 6.92 Å². The van der Waals surface area contributed by atoms with E-state index in [2.05, 4.69) is 5.32 Å². The number of piperidine rings is 1. The molecule has 0 radical (unpaired) electrons. The van der Waals surface area contributed by atoms with Crippen LogP contribution in [-0.4, -0.2) is 12.5 Å². The van der Waals surface area contributed by atoms with Gasteiger partial charge in [0, 0.05) is 21.4 Å². The molecular formula is C6H17NO. The molecule has 52 valence electrons. The molecule has 2 nitrogen and oxygen atoms in total. The van der Waals surface area contributed by atoms with E-state index in [1.165, 1.54) is 0 Å². The van der Waals surface area contributed by atoms with Gasteiger partial charge in [-0.05, 0) is 12.8 Å². The maximum Gasteiger partial charge on any atom is 0.222 e. The van der Waals surface area contributed by atoms with Crippen molar-refractivity contribution in [3.05, 3.63) is 0 Å². The summed E-state index contributed by atoms with van der Waals surface area (Å²) < 4.78 is 30.0. The Morgan fingerprint density at radius 1 is 2.00 bits per heavy atom. The van der Waals surface area contributed by atoms with Crippen LogP contribution in [0.2, 0.25) is 0 Å². The molecule has 0 aromatic rings. The molecule has 1 fully saturated rings. The van der Waals surface area contributed by atoms with Crippen LogP contribution in [0.15, 0.2) is 0 Å². The number of carbonyl (C=O) groups excluding carboxylic acids is 1. The van der Waals surface area contributed by atoms with Gasteiger partial charge in [0.15, 0.2) is 0 Å². The van der Waals surface area contributed by atoms with Gasteiger partial charge in [0.2, 0.25) is 5.91 Å². The van der Waals surface area contributed by atoms with E-state index in [0.29, 0.717) is 0 Å². The number of carbonyl (C=O) groups is 1. The first-order chi connectivity index (χ1) is 6.80. The Morgan fingerprint density at radius 2 is 2.75 bits per heavy atom. The Bertz CT molecular complexity index is 114. The second-order valence-corrected chi connectivity index (χ2v) is 2.33. The third-order valence-electron chi connectivity index (χ3n) is 1.56. The van der Waals surface area contributed by atoms with Crippen molar-refractivity contribution in [2.75, 3.05) is 6.54 Å². The fourth-order valence-electron chi connectivity index (χ4n) is 0.925. The van der Waals surface area contributed by atoms with Crippen molar-refractivity contribution >= 4 is 5.91 Å². The Labute approximate surface area is 58.5 Å². The first-order valence-corrected chi connectivity index (χ1v) is 3.08. The summed E-state index contributed by atoms with van der Waals surface area (Å²) in [6.07, 6.45) is 2.21. The number of hydrogen-bond donors (Lipinski definition) is 1. The number of nitrogens with one attached hydrogen (secondary N) is 1. The summed E-state index contributed by atoms with van der Waals surface area (Å²) in [5.41, 5.74) is 0. The highest BCUT2D eigenvalue weighted by atomic mass is 16.1. The first-order valence-electron chi connectivity index (χ1n) is 6.08. The van der Waals surface area contributed by atoms with Gasteiger partial charge in [-0.1, -0.05) is 6.92 Å². The van der Waals surface area contributed by atoms with Crippen molar-refractivity contribution < 1.29 is 13.7 Å². The van der Waals surface area contributed by atoms with Gasteiger partial charge >= 0.3 is 0 Å². The molecule has 1 saturated heterocycles. The lowest BCUT2D eigenvalue weighted by Crippen LogP contribution is -2.34. The van der Waals surface area contributed by atoms with Crippen LogP contribution in [0, 0.1) is 5.92 Å². The van der Waals surface area contributed by atoms with Crippen molar-refractivity contribution in [3.8, 4) is 0 Å². The Kier molecular flexibility index (Phi) is 0.770. The maximum absolute atomic E-state index is 10.7. The summed E-state index contributed by atoms with van der Waals surface area (Å²) in [6.45, 7) is 2.84. The van der Waals surface area contributed by atoms with Crippen molar-refractivity contribution in [1.29, 1.82) is 0 Å². The quantitative estimate of drug-likeness (QED) is 0.519. The average Bonchev–Trinajstić information content (AvgIpc) is 2.31. The highest BCUT2D eigenvalue weighted by Gasteiger charge is 2.15. The molecule has 1 aliphatic rings.